The second-order valence-electron chi connectivity index (χ2n) is 9.94. The van der Waals surface area contributed by atoms with Crippen molar-refractivity contribution in [2.75, 3.05) is 47.9 Å². The van der Waals surface area contributed by atoms with Crippen LogP contribution >= 0.6 is 15.9 Å². The molecule has 43 heavy (non-hydrogen) atoms. The van der Waals surface area contributed by atoms with Crippen LogP contribution in [0, 0.1) is 5.82 Å². The summed E-state index contributed by atoms with van der Waals surface area (Å²) in [5, 5.41) is 3.71. The number of rotatable bonds is 7. The van der Waals surface area contributed by atoms with E-state index in [9.17, 15) is 14.0 Å². The number of anilines is 3. The highest BCUT2D eigenvalue weighted by Gasteiger charge is 2.30. The minimum absolute atomic E-state index is 0.0157. The SMILES string of the molecule is CCOC(=O)c1c(-n2ccnc2)nc2ccc(Br)cc2c1N1CCN(c2ccccc2NC(=O)c2ccccc2F)CC1. The molecule has 5 aromatic rings. The van der Waals surface area contributed by atoms with Gasteiger partial charge >= 0.3 is 5.97 Å². The fourth-order valence-corrected chi connectivity index (χ4v) is 5.72. The standard InChI is InChI=1S/C32H28BrFN6O3/c1-2-43-32(42)28-29(23-19-21(33)11-12-25(23)36-30(28)40-14-13-35-20-40)39-17-15-38(16-18-39)27-10-6-5-9-26(27)37-31(41)22-7-3-4-8-24(22)34/h3-14,19-20H,2,15-18H2,1H3,(H,37,41). The smallest absolute Gasteiger partial charge is 0.344 e. The molecule has 9 nitrogen and oxygen atoms in total. The Morgan fingerprint density at radius 2 is 1.74 bits per heavy atom. The summed E-state index contributed by atoms with van der Waals surface area (Å²) in [5.41, 5.74) is 3.26. The third kappa shape index (κ3) is 5.68. The Balaban J connectivity index is 1.34. The number of esters is 1. The predicted molar refractivity (Wildman–Crippen MR) is 168 cm³/mol. The molecule has 0 spiro atoms. The maximum Gasteiger partial charge on any atom is 0.344 e. The molecule has 0 saturated carbocycles. The van der Waals surface area contributed by atoms with E-state index in [1.54, 1.807) is 42.3 Å². The number of carbonyl (C=O) groups excluding carboxylic acids is 2. The number of benzene rings is 3. The van der Waals surface area contributed by atoms with Crippen molar-refractivity contribution in [1.29, 1.82) is 0 Å². The van der Waals surface area contributed by atoms with Crippen molar-refractivity contribution >= 4 is 55.8 Å². The molecule has 0 atom stereocenters. The summed E-state index contributed by atoms with van der Waals surface area (Å²) in [6, 6.07) is 19.2. The van der Waals surface area contributed by atoms with E-state index in [1.807, 2.05) is 42.5 Å². The number of para-hydroxylation sites is 2. The van der Waals surface area contributed by atoms with Crippen LogP contribution in [0.4, 0.5) is 21.5 Å². The number of hydrogen-bond donors (Lipinski definition) is 1. The molecular formula is C32H28BrFN6O3. The highest BCUT2D eigenvalue weighted by Crippen LogP contribution is 2.37. The van der Waals surface area contributed by atoms with Gasteiger partial charge in [-0.2, -0.15) is 0 Å². The predicted octanol–water partition coefficient (Wildman–Crippen LogP) is 6.08. The molecule has 1 aliphatic heterocycles. The second kappa shape index (κ2) is 12.2. The number of piperazine rings is 1. The molecular weight excluding hydrogens is 615 g/mol. The monoisotopic (exact) mass is 642 g/mol. The number of carbonyl (C=O) groups is 2. The van der Waals surface area contributed by atoms with Crippen LogP contribution in [0.1, 0.15) is 27.6 Å². The van der Waals surface area contributed by atoms with Crippen LogP contribution in [-0.4, -0.2) is 59.2 Å². The summed E-state index contributed by atoms with van der Waals surface area (Å²) in [6.07, 6.45) is 5.01. The normalized spacial score (nSPS) is 13.3. The Morgan fingerprint density at radius 1 is 1.00 bits per heavy atom. The van der Waals surface area contributed by atoms with Crippen molar-refractivity contribution in [3.8, 4) is 5.82 Å². The van der Waals surface area contributed by atoms with E-state index in [0.29, 0.717) is 43.2 Å². The number of halogens is 2. The Labute approximate surface area is 256 Å². The average molecular weight is 644 g/mol. The lowest BCUT2D eigenvalue weighted by atomic mass is 10.1. The first-order chi connectivity index (χ1) is 20.9. The summed E-state index contributed by atoms with van der Waals surface area (Å²) in [7, 11) is 0. The number of amides is 1. The number of pyridine rings is 1. The first kappa shape index (κ1) is 28.4. The number of nitrogens with zero attached hydrogens (tertiary/aromatic N) is 5. The van der Waals surface area contributed by atoms with Gasteiger partial charge in [-0.15, -0.1) is 0 Å². The highest BCUT2D eigenvalue weighted by molar-refractivity contribution is 9.10. The van der Waals surface area contributed by atoms with Gasteiger partial charge in [0, 0.05) is 48.4 Å². The van der Waals surface area contributed by atoms with Gasteiger partial charge in [0.25, 0.3) is 5.91 Å². The number of hydrogen-bond acceptors (Lipinski definition) is 7. The minimum atomic E-state index is -0.574. The zero-order valence-electron chi connectivity index (χ0n) is 23.3. The third-order valence-corrected chi connectivity index (χ3v) is 7.83. The average Bonchev–Trinajstić information content (AvgIpc) is 3.56. The first-order valence-electron chi connectivity index (χ1n) is 13.9. The molecule has 2 aromatic heterocycles. The van der Waals surface area contributed by atoms with Gasteiger partial charge in [-0.25, -0.2) is 19.2 Å². The van der Waals surface area contributed by atoms with Crippen LogP contribution < -0.4 is 15.1 Å². The summed E-state index contributed by atoms with van der Waals surface area (Å²) >= 11 is 3.59. The quantitative estimate of drug-likeness (QED) is 0.215. The third-order valence-electron chi connectivity index (χ3n) is 7.34. The lowest BCUT2D eigenvalue weighted by Crippen LogP contribution is -2.47. The van der Waals surface area contributed by atoms with Crippen LogP contribution in [0.2, 0.25) is 0 Å². The van der Waals surface area contributed by atoms with Gasteiger partial charge in [0.05, 0.1) is 34.7 Å². The molecule has 6 rings (SSSR count). The van der Waals surface area contributed by atoms with Gasteiger partial charge in [-0.1, -0.05) is 40.2 Å². The fourth-order valence-electron chi connectivity index (χ4n) is 5.36. The van der Waals surface area contributed by atoms with E-state index in [4.69, 9.17) is 9.72 Å². The maximum absolute atomic E-state index is 14.3. The van der Waals surface area contributed by atoms with Crippen LogP contribution in [0.15, 0.2) is 89.9 Å². The summed E-state index contributed by atoms with van der Waals surface area (Å²) < 4.78 is 22.4. The van der Waals surface area contributed by atoms with Gasteiger partial charge in [-0.3, -0.25) is 9.36 Å². The number of nitrogens with one attached hydrogen (secondary N) is 1. The highest BCUT2D eigenvalue weighted by atomic mass is 79.9. The molecule has 11 heteroatoms. The van der Waals surface area contributed by atoms with E-state index in [-0.39, 0.29) is 12.2 Å². The van der Waals surface area contributed by atoms with Crippen LogP contribution in [-0.2, 0) is 4.74 Å². The number of imidazole rings is 1. The van der Waals surface area contributed by atoms with Gasteiger partial charge in [0.15, 0.2) is 5.82 Å². The number of aromatic nitrogens is 3. The van der Waals surface area contributed by atoms with Crippen molar-refractivity contribution in [3.63, 3.8) is 0 Å². The van der Waals surface area contributed by atoms with Crippen molar-refractivity contribution in [3.05, 3.63) is 107 Å². The number of ether oxygens (including phenoxy) is 1. The molecule has 3 aromatic carbocycles. The maximum atomic E-state index is 14.3. The van der Waals surface area contributed by atoms with Crippen molar-refractivity contribution < 1.29 is 18.7 Å². The van der Waals surface area contributed by atoms with Gasteiger partial charge < -0.3 is 19.9 Å². The largest absolute Gasteiger partial charge is 0.462 e. The second-order valence-corrected chi connectivity index (χ2v) is 10.9. The Morgan fingerprint density at radius 3 is 2.49 bits per heavy atom. The molecule has 0 unspecified atom stereocenters. The summed E-state index contributed by atoms with van der Waals surface area (Å²) in [5.74, 6) is -1.09. The Bertz CT molecular complexity index is 1800. The topological polar surface area (TPSA) is 92.6 Å². The van der Waals surface area contributed by atoms with Gasteiger partial charge in [0.1, 0.15) is 17.7 Å². The number of fused-ring (bicyclic) bond motifs is 1. The fraction of sp³-hybridized carbons (Fsp3) is 0.188. The van der Waals surface area contributed by atoms with Gasteiger partial charge in [0.2, 0.25) is 0 Å². The van der Waals surface area contributed by atoms with Crippen LogP contribution in [0.5, 0.6) is 0 Å². The van der Waals surface area contributed by atoms with Crippen LogP contribution in [0.25, 0.3) is 16.7 Å². The molecule has 1 N–H and O–H groups in total. The Hall–Kier alpha value is -4.77. The lowest BCUT2D eigenvalue weighted by Gasteiger charge is -2.39. The first-order valence-corrected chi connectivity index (χ1v) is 14.7. The molecule has 1 fully saturated rings. The van der Waals surface area contributed by atoms with E-state index in [0.717, 1.165) is 26.8 Å². The zero-order valence-corrected chi connectivity index (χ0v) is 24.9. The molecule has 1 saturated heterocycles. The van der Waals surface area contributed by atoms with Crippen molar-refractivity contribution in [2.24, 2.45) is 0 Å². The molecule has 1 aliphatic rings. The van der Waals surface area contributed by atoms with Crippen molar-refractivity contribution in [1.82, 2.24) is 14.5 Å². The molecule has 1 amide bonds. The Kier molecular flexibility index (Phi) is 8.06. The molecule has 3 heterocycles. The summed E-state index contributed by atoms with van der Waals surface area (Å²) in [6.45, 7) is 4.37. The minimum Gasteiger partial charge on any atom is -0.462 e. The zero-order chi connectivity index (χ0) is 29.9. The summed E-state index contributed by atoms with van der Waals surface area (Å²) in [4.78, 5) is 39.8. The van der Waals surface area contributed by atoms with E-state index in [2.05, 4.69) is 36.0 Å². The molecule has 0 aliphatic carbocycles. The van der Waals surface area contributed by atoms with E-state index in [1.165, 1.54) is 12.1 Å². The van der Waals surface area contributed by atoms with Crippen molar-refractivity contribution in [2.45, 2.75) is 6.92 Å². The molecule has 0 radical (unpaired) electrons. The van der Waals surface area contributed by atoms with Crippen LogP contribution in [0.3, 0.4) is 0 Å². The molecule has 0 bridgehead atoms. The van der Waals surface area contributed by atoms with E-state index < -0.39 is 17.7 Å². The molecule has 218 valence electrons. The van der Waals surface area contributed by atoms with E-state index >= 15 is 0 Å². The lowest BCUT2D eigenvalue weighted by molar-refractivity contribution is 0.0526. The van der Waals surface area contributed by atoms with Gasteiger partial charge in [-0.05, 0) is 49.4 Å².